The van der Waals surface area contributed by atoms with Crippen molar-refractivity contribution in [2.45, 2.75) is 18.4 Å². The molecule has 1 amide bonds. The molecule has 0 unspecified atom stereocenters. The molecule has 33 heavy (non-hydrogen) atoms. The Morgan fingerprint density at radius 1 is 1.09 bits per heavy atom. The molecular formula is C22H20F2N2O6S. The number of sulfonamides is 1. The number of esters is 1. The maximum Gasteiger partial charge on any atom is 0.340 e. The maximum absolute atomic E-state index is 14.2. The fourth-order valence-corrected chi connectivity index (χ4v) is 4.29. The molecule has 0 atom stereocenters. The van der Waals surface area contributed by atoms with Gasteiger partial charge < -0.3 is 14.5 Å². The number of nitrogens with zero attached hydrogens (tertiary/aromatic N) is 1. The van der Waals surface area contributed by atoms with Gasteiger partial charge in [0.05, 0.1) is 42.6 Å². The van der Waals surface area contributed by atoms with Gasteiger partial charge in [-0.3, -0.25) is 4.79 Å². The van der Waals surface area contributed by atoms with E-state index in [2.05, 4.69) is 10.1 Å². The molecule has 0 spiro atoms. The molecule has 3 aromatic rings. The zero-order valence-electron chi connectivity index (χ0n) is 17.7. The lowest BCUT2D eigenvalue weighted by molar-refractivity contribution is -0.116. The monoisotopic (exact) mass is 478 g/mol. The molecule has 0 aliphatic rings. The highest BCUT2D eigenvalue weighted by molar-refractivity contribution is 7.89. The highest BCUT2D eigenvalue weighted by atomic mass is 32.2. The lowest BCUT2D eigenvalue weighted by atomic mass is 10.1. The summed E-state index contributed by atoms with van der Waals surface area (Å²) in [7, 11) is -3.12. The first-order valence-electron chi connectivity index (χ1n) is 9.58. The highest BCUT2D eigenvalue weighted by Crippen LogP contribution is 2.22. The number of amides is 1. The topological polar surface area (TPSA) is 106 Å². The van der Waals surface area contributed by atoms with Crippen LogP contribution in [0.3, 0.4) is 0 Å². The van der Waals surface area contributed by atoms with Crippen LogP contribution in [0, 0.1) is 18.6 Å². The number of benzene rings is 2. The van der Waals surface area contributed by atoms with E-state index in [0.29, 0.717) is 6.07 Å². The molecule has 1 heterocycles. The van der Waals surface area contributed by atoms with Crippen LogP contribution < -0.4 is 5.32 Å². The largest absolute Gasteiger partial charge is 0.468 e. The molecule has 11 heteroatoms. The number of hydrogen-bond donors (Lipinski definition) is 1. The summed E-state index contributed by atoms with van der Waals surface area (Å²) in [5.41, 5.74) is -0.251. The summed E-state index contributed by atoms with van der Waals surface area (Å²) >= 11 is 0. The molecule has 1 aromatic heterocycles. The third-order valence-corrected chi connectivity index (χ3v) is 6.43. The van der Waals surface area contributed by atoms with Gasteiger partial charge in [-0.15, -0.1) is 0 Å². The second kappa shape index (κ2) is 9.92. The van der Waals surface area contributed by atoms with Gasteiger partial charge in [0.1, 0.15) is 17.4 Å². The molecule has 0 saturated heterocycles. The number of ether oxygens (including phenoxy) is 1. The van der Waals surface area contributed by atoms with Crippen LogP contribution in [0.4, 0.5) is 14.5 Å². The SMILES string of the molecule is COC(=O)c1cc(NC(=O)CN(Cc2ccco2)S(=O)(=O)c2ccc(C)cc2)c(F)cc1F. The Hall–Kier alpha value is -3.57. The number of carbonyl (C=O) groups is 2. The summed E-state index contributed by atoms with van der Waals surface area (Å²) < 4.78 is 64.9. The summed E-state index contributed by atoms with van der Waals surface area (Å²) in [5, 5.41) is 2.17. The molecule has 0 fully saturated rings. The van der Waals surface area contributed by atoms with Crippen LogP contribution >= 0.6 is 0 Å². The van der Waals surface area contributed by atoms with Crippen LogP contribution in [0.1, 0.15) is 21.7 Å². The zero-order valence-corrected chi connectivity index (χ0v) is 18.5. The van der Waals surface area contributed by atoms with Gasteiger partial charge in [0, 0.05) is 6.07 Å². The lowest BCUT2D eigenvalue weighted by Crippen LogP contribution is -2.37. The Morgan fingerprint density at radius 2 is 1.79 bits per heavy atom. The van der Waals surface area contributed by atoms with Gasteiger partial charge in [0.2, 0.25) is 15.9 Å². The normalized spacial score (nSPS) is 11.4. The predicted molar refractivity (Wildman–Crippen MR) is 114 cm³/mol. The van der Waals surface area contributed by atoms with Crippen molar-refractivity contribution in [3.8, 4) is 0 Å². The van der Waals surface area contributed by atoms with E-state index in [0.717, 1.165) is 23.0 Å². The van der Waals surface area contributed by atoms with Gasteiger partial charge in [0.15, 0.2) is 0 Å². The summed E-state index contributed by atoms with van der Waals surface area (Å²) in [5.74, 6) is -4.02. The lowest BCUT2D eigenvalue weighted by Gasteiger charge is -2.21. The van der Waals surface area contributed by atoms with E-state index >= 15 is 0 Å². The van der Waals surface area contributed by atoms with Crippen molar-refractivity contribution in [2.75, 3.05) is 19.0 Å². The number of furan rings is 1. The van der Waals surface area contributed by atoms with E-state index in [-0.39, 0.29) is 17.2 Å². The third kappa shape index (κ3) is 5.62. The first kappa shape index (κ1) is 24.1. The zero-order chi connectivity index (χ0) is 24.2. The summed E-state index contributed by atoms with van der Waals surface area (Å²) in [6.45, 7) is 0.821. The van der Waals surface area contributed by atoms with Gasteiger partial charge in [-0.05, 0) is 37.3 Å². The highest BCUT2D eigenvalue weighted by Gasteiger charge is 2.28. The van der Waals surface area contributed by atoms with Crippen LogP contribution in [0.2, 0.25) is 0 Å². The number of hydrogen-bond acceptors (Lipinski definition) is 6. The van der Waals surface area contributed by atoms with Crippen molar-refractivity contribution < 1.29 is 35.9 Å². The van der Waals surface area contributed by atoms with E-state index in [1.54, 1.807) is 25.1 Å². The van der Waals surface area contributed by atoms with Gasteiger partial charge >= 0.3 is 5.97 Å². The smallest absolute Gasteiger partial charge is 0.340 e. The van der Waals surface area contributed by atoms with Crippen molar-refractivity contribution in [3.05, 3.63) is 83.3 Å². The Bertz CT molecular complexity index is 1260. The molecule has 1 N–H and O–H groups in total. The quantitative estimate of drug-likeness (QED) is 0.497. The van der Waals surface area contributed by atoms with Gasteiger partial charge in [0.25, 0.3) is 0 Å². The van der Waals surface area contributed by atoms with Crippen molar-refractivity contribution >= 4 is 27.6 Å². The number of rotatable bonds is 8. The van der Waals surface area contributed by atoms with Crippen LogP contribution in [0.15, 0.2) is 64.1 Å². The molecule has 3 rings (SSSR count). The minimum Gasteiger partial charge on any atom is -0.468 e. The fourth-order valence-electron chi connectivity index (χ4n) is 2.92. The third-order valence-electron chi connectivity index (χ3n) is 4.63. The Morgan fingerprint density at radius 3 is 2.39 bits per heavy atom. The second-order valence-electron chi connectivity index (χ2n) is 7.02. The number of halogens is 2. The second-order valence-corrected chi connectivity index (χ2v) is 8.96. The number of anilines is 1. The number of carbonyl (C=O) groups excluding carboxylic acids is 2. The minimum atomic E-state index is -4.14. The number of aryl methyl sites for hydroxylation is 1. The molecular weight excluding hydrogens is 458 g/mol. The average molecular weight is 478 g/mol. The Balaban J connectivity index is 1.88. The predicted octanol–water partition coefficient (Wildman–Crippen LogP) is 3.48. The molecule has 0 aliphatic heterocycles. The van der Waals surface area contributed by atoms with Crippen molar-refractivity contribution in [1.82, 2.24) is 4.31 Å². The van der Waals surface area contributed by atoms with Crippen LogP contribution in [0.25, 0.3) is 0 Å². The van der Waals surface area contributed by atoms with Crippen LogP contribution in [-0.2, 0) is 26.1 Å². The van der Waals surface area contributed by atoms with Crippen molar-refractivity contribution in [1.29, 1.82) is 0 Å². The molecule has 0 radical (unpaired) electrons. The number of nitrogens with one attached hydrogen (secondary N) is 1. The molecule has 0 aliphatic carbocycles. The summed E-state index contributed by atoms with van der Waals surface area (Å²) in [6.07, 6.45) is 1.36. The van der Waals surface area contributed by atoms with E-state index in [4.69, 9.17) is 4.42 Å². The molecule has 174 valence electrons. The van der Waals surface area contributed by atoms with Crippen molar-refractivity contribution in [2.24, 2.45) is 0 Å². The number of methoxy groups -OCH3 is 1. The van der Waals surface area contributed by atoms with E-state index in [1.807, 2.05) is 0 Å². The van der Waals surface area contributed by atoms with E-state index in [1.165, 1.54) is 24.5 Å². The summed E-state index contributed by atoms with van der Waals surface area (Å²) in [4.78, 5) is 24.3. The Kier molecular flexibility index (Phi) is 7.24. The maximum atomic E-state index is 14.2. The average Bonchev–Trinajstić information content (AvgIpc) is 3.28. The standard InChI is InChI=1S/C22H20F2N2O6S/c1-14-5-7-16(8-6-14)33(29,30)26(12-15-4-3-9-32-15)13-21(27)25-20-10-17(22(28)31-2)18(23)11-19(20)24/h3-11H,12-13H2,1-2H3,(H,25,27). The van der Waals surface area contributed by atoms with Crippen LogP contribution in [0.5, 0.6) is 0 Å². The van der Waals surface area contributed by atoms with E-state index < -0.39 is 51.3 Å². The fraction of sp³-hybridized carbons (Fsp3) is 0.182. The molecule has 0 bridgehead atoms. The Labute approximate surface area is 188 Å². The molecule has 0 saturated carbocycles. The van der Waals surface area contributed by atoms with Gasteiger partial charge in [-0.25, -0.2) is 22.0 Å². The first-order chi connectivity index (χ1) is 15.6. The minimum absolute atomic E-state index is 0.0478. The molecule has 2 aromatic carbocycles. The van der Waals surface area contributed by atoms with E-state index in [9.17, 15) is 26.8 Å². The molecule has 8 nitrogen and oxygen atoms in total. The first-order valence-corrected chi connectivity index (χ1v) is 11.0. The van der Waals surface area contributed by atoms with Crippen molar-refractivity contribution in [3.63, 3.8) is 0 Å². The summed E-state index contributed by atoms with van der Waals surface area (Å²) in [6, 6.07) is 10.3. The van der Waals surface area contributed by atoms with Gasteiger partial charge in [-0.2, -0.15) is 4.31 Å². The van der Waals surface area contributed by atoms with Gasteiger partial charge in [-0.1, -0.05) is 17.7 Å². The van der Waals surface area contributed by atoms with Crippen LogP contribution in [-0.4, -0.2) is 38.3 Å².